The quantitative estimate of drug-likeness (QED) is 0.523. The Morgan fingerprint density at radius 2 is 1.64 bits per heavy atom. The Kier molecular flexibility index (Phi) is 5.34. The molecule has 2 aromatic carbocycles. The molecule has 3 rings (SSSR count). The highest BCUT2D eigenvalue weighted by atomic mass is 79.9. The van der Waals surface area contributed by atoms with Gasteiger partial charge in [-0.25, -0.2) is 0 Å². The van der Waals surface area contributed by atoms with Crippen molar-refractivity contribution in [2.75, 3.05) is 25.9 Å². The normalized spacial score (nSPS) is 24.5. The van der Waals surface area contributed by atoms with Crippen molar-refractivity contribution in [2.24, 2.45) is 0 Å². The van der Waals surface area contributed by atoms with Gasteiger partial charge in [-0.15, -0.1) is 0 Å². The van der Waals surface area contributed by atoms with E-state index in [1.807, 2.05) is 6.07 Å². The second-order valence-electron chi connectivity index (χ2n) is 6.69. The molecule has 0 saturated carbocycles. The van der Waals surface area contributed by atoms with Gasteiger partial charge >= 0.3 is 0 Å². The summed E-state index contributed by atoms with van der Waals surface area (Å²) in [5, 5.41) is 0. The Hall–Kier alpha value is -1.21. The summed E-state index contributed by atoms with van der Waals surface area (Å²) in [5.74, 6) is 0. The fourth-order valence-corrected chi connectivity index (χ4v) is 4.70. The predicted molar refractivity (Wildman–Crippen MR) is 103 cm³/mol. The third kappa shape index (κ3) is 4.14. The van der Waals surface area contributed by atoms with Crippen molar-refractivity contribution in [1.29, 1.82) is 0 Å². The van der Waals surface area contributed by atoms with Gasteiger partial charge in [-0.1, -0.05) is 58.4 Å². The van der Waals surface area contributed by atoms with Crippen LogP contribution in [0.2, 0.25) is 0 Å². The molecule has 0 spiro atoms. The lowest BCUT2D eigenvalue weighted by molar-refractivity contribution is -0.991. The van der Waals surface area contributed by atoms with Crippen LogP contribution in [0.3, 0.4) is 0 Å². The van der Waals surface area contributed by atoms with Gasteiger partial charge in [0.1, 0.15) is 19.1 Å². The molecule has 1 unspecified atom stereocenters. The van der Waals surface area contributed by atoms with E-state index in [4.69, 9.17) is 4.18 Å². The van der Waals surface area contributed by atoms with Crippen molar-refractivity contribution < 1.29 is 17.1 Å². The molecule has 1 atom stereocenters. The van der Waals surface area contributed by atoms with E-state index in [2.05, 4.69) is 71.4 Å². The summed E-state index contributed by atoms with van der Waals surface area (Å²) in [6.07, 6.45) is 0.881. The van der Waals surface area contributed by atoms with Crippen LogP contribution in [0.25, 0.3) is 0 Å². The minimum Gasteiger partial charge on any atom is -0.309 e. The molecule has 134 valence electrons. The van der Waals surface area contributed by atoms with Crippen molar-refractivity contribution in [3.05, 3.63) is 70.2 Å². The van der Waals surface area contributed by atoms with Crippen LogP contribution in [0.5, 0.6) is 0 Å². The maximum absolute atomic E-state index is 11.4. The first-order chi connectivity index (χ1) is 11.8. The van der Waals surface area contributed by atoms with Crippen LogP contribution < -0.4 is 0 Å². The van der Waals surface area contributed by atoms with Gasteiger partial charge in [0, 0.05) is 15.6 Å². The fourth-order valence-electron chi connectivity index (χ4n) is 3.82. The minimum absolute atomic E-state index is 0.165. The molecule has 0 aromatic heterocycles. The number of nitrogens with zero attached hydrogens (tertiary/aromatic N) is 1. The molecule has 6 heteroatoms. The summed E-state index contributed by atoms with van der Waals surface area (Å²) < 4.78 is 30.0. The van der Waals surface area contributed by atoms with Gasteiger partial charge in [-0.2, -0.15) is 8.42 Å². The van der Waals surface area contributed by atoms with E-state index in [9.17, 15) is 8.42 Å². The number of rotatable bonds is 6. The molecule has 1 saturated heterocycles. The zero-order chi connectivity index (χ0) is 18.1. The SMILES string of the molecule is CC[N+]1(C(c2ccccc2)c2ccc(Br)cc2)CC(OS(C)(=O)=O)C1. The molecule has 0 bridgehead atoms. The maximum atomic E-state index is 11.4. The van der Waals surface area contributed by atoms with Crippen molar-refractivity contribution >= 4 is 26.0 Å². The van der Waals surface area contributed by atoms with Gasteiger partial charge in [-0.3, -0.25) is 4.18 Å². The molecular weight excluding hydrogens is 402 g/mol. The summed E-state index contributed by atoms with van der Waals surface area (Å²) in [4.78, 5) is 0. The van der Waals surface area contributed by atoms with Crippen molar-refractivity contribution in [1.82, 2.24) is 0 Å². The molecule has 0 amide bonds. The molecule has 0 radical (unpaired) electrons. The number of hydrogen-bond donors (Lipinski definition) is 0. The van der Waals surface area contributed by atoms with Crippen LogP contribution in [0.4, 0.5) is 0 Å². The van der Waals surface area contributed by atoms with Crippen LogP contribution in [0.1, 0.15) is 24.1 Å². The van der Waals surface area contributed by atoms with Crippen LogP contribution in [-0.4, -0.2) is 44.9 Å². The van der Waals surface area contributed by atoms with Crippen LogP contribution >= 0.6 is 15.9 Å². The number of benzene rings is 2. The molecule has 2 aromatic rings. The third-order valence-electron chi connectivity index (χ3n) is 4.92. The highest BCUT2D eigenvalue weighted by molar-refractivity contribution is 9.10. The summed E-state index contributed by atoms with van der Waals surface area (Å²) in [6, 6.07) is 19.0. The highest BCUT2D eigenvalue weighted by Gasteiger charge is 2.51. The first-order valence-corrected chi connectivity index (χ1v) is 11.0. The Balaban J connectivity index is 1.95. The monoisotopic (exact) mass is 424 g/mol. The lowest BCUT2D eigenvalue weighted by atomic mass is 9.90. The number of likely N-dealkylation sites (N-methyl/N-ethyl adjacent to an activating group) is 1. The zero-order valence-corrected chi connectivity index (χ0v) is 16.8. The van der Waals surface area contributed by atoms with E-state index in [1.54, 1.807) is 0 Å². The Morgan fingerprint density at radius 1 is 1.08 bits per heavy atom. The van der Waals surface area contributed by atoms with E-state index in [1.165, 1.54) is 11.1 Å². The Labute approximate surface area is 158 Å². The average molecular weight is 425 g/mol. The second kappa shape index (κ2) is 7.19. The topological polar surface area (TPSA) is 43.4 Å². The summed E-state index contributed by atoms with van der Waals surface area (Å²) >= 11 is 3.50. The van der Waals surface area contributed by atoms with E-state index in [0.29, 0.717) is 13.1 Å². The molecule has 0 aliphatic carbocycles. The van der Waals surface area contributed by atoms with Crippen LogP contribution in [0, 0.1) is 0 Å². The van der Waals surface area contributed by atoms with E-state index >= 15 is 0 Å². The minimum atomic E-state index is -3.42. The zero-order valence-electron chi connectivity index (χ0n) is 14.4. The van der Waals surface area contributed by atoms with Crippen LogP contribution in [-0.2, 0) is 14.3 Å². The number of likely N-dealkylation sites (tertiary alicyclic amines) is 1. The summed E-state index contributed by atoms with van der Waals surface area (Å²) in [5.41, 5.74) is 2.47. The molecule has 1 fully saturated rings. The second-order valence-corrected chi connectivity index (χ2v) is 9.20. The number of quaternary nitrogens is 1. The van der Waals surface area contributed by atoms with Gasteiger partial charge in [0.15, 0.2) is 6.10 Å². The Morgan fingerprint density at radius 3 is 2.16 bits per heavy atom. The number of halogens is 1. The van der Waals surface area contributed by atoms with E-state index in [-0.39, 0.29) is 12.1 Å². The van der Waals surface area contributed by atoms with Gasteiger partial charge in [-0.05, 0) is 19.1 Å². The number of hydrogen-bond acceptors (Lipinski definition) is 3. The first kappa shape index (κ1) is 18.6. The molecule has 1 heterocycles. The summed E-state index contributed by atoms with van der Waals surface area (Å²) in [7, 11) is -3.42. The van der Waals surface area contributed by atoms with Gasteiger partial charge in [0.05, 0.1) is 12.8 Å². The molecule has 25 heavy (non-hydrogen) atoms. The van der Waals surface area contributed by atoms with Gasteiger partial charge in [0.2, 0.25) is 0 Å². The molecule has 1 aliphatic heterocycles. The molecule has 0 N–H and O–H groups in total. The average Bonchev–Trinajstić information content (AvgIpc) is 2.54. The van der Waals surface area contributed by atoms with Gasteiger partial charge in [0.25, 0.3) is 10.1 Å². The third-order valence-corrected chi connectivity index (χ3v) is 6.07. The van der Waals surface area contributed by atoms with E-state index in [0.717, 1.165) is 21.8 Å². The molecule has 4 nitrogen and oxygen atoms in total. The summed E-state index contributed by atoms with van der Waals surface area (Å²) in [6.45, 7) is 4.46. The maximum Gasteiger partial charge on any atom is 0.265 e. The Bertz CT molecular complexity index is 816. The highest BCUT2D eigenvalue weighted by Crippen LogP contribution is 2.41. The van der Waals surface area contributed by atoms with Crippen LogP contribution in [0.15, 0.2) is 59.1 Å². The first-order valence-electron chi connectivity index (χ1n) is 8.37. The molecular formula is C19H23BrNO3S+. The van der Waals surface area contributed by atoms with Crippen molar-refractivity contribution in [3.8, 4) is 0 Å². The standard InChI is InChI=1S/C19H23BrNO3S/c1-3-21(13-18(14-21)24-25(2,22)23)19(15-7-5-4-6-8-15)16-9-11-17(20)12-10-16/h4-12,18-19H,3,13-14H2,1-2H3/q+1. The smallest absolute Gasteiger partial charge is 0.265 e. The fraction of sp³-hybridized carbons (Fsp3) is 0.368. The predicted octanol–water partition coefficient (Wildman–Crippen LogP) is 3.73. The van der Waals surface area contributed by atoms with E-state index < -0.39 is 10.1 Å². The lowest BCUT2D eigenvalue weighted by Crippen LogP contribution is -2.68. The van der Waals surface area contributed by atoms with Crippen molar-refractivity contribution in [2.45, 2.75) is 19.1 Å². The van der Waals surface area contributed by atoms with Crippen molar-refractivity contribution in [3.63, 3.8) is 0 Å². The molecule has 1 aliphatic rings. The van der Waals surface area contributed by atoms with Gasteiger partial charge < -0.3 is 4.48 Å². The lowest BCUT2D eigenvalue weighted by Gasteiger charge is -2.53. The largest absolute Gasteiger partial charge is 0.309 e.